The van der Waals surface area contributed by atoms with E-state index in [9.17, 15) is 4.79 Å². The summed E-state index contributed by atoms with van der Waals surface area (Å²) in [6, 6.07) is 0. The Morgan fingerprint density at radius 1 is 1.67 bits per heavy atom. The van der Waals surface area contributed by atoms with Crippen LogP contribution < -0.4 is 0 Å². The first-order valence-electron chi connectivity index (χ1n) is 4.28. The lowest BCUT2D eigenvalue weighted by molar-refractivity contribution is -0.138. The highest BCUT2D eigenvalue weighted by atomic mass is 32.2. The zero-order chi connectivity index (χ0) is 11.1. The molecule has 7 heteroatoms. The predicted molar refractivity (Wildman–Crippen MR) is 54.2 cm³/mol. The molecule has 0 aliphatic rings. The van der Waals surface area contributed by atoms with Crippen molar-refractivity contribution in [1.29, 1.82) is 0 Å². The molecule has 1 aromatic heterocycles. The number of aliphatic carboxylic acids is 1. The van der Waals surface area contributed by atoms with Crippen LogP contribution in [0.3, 0.4) is 0 Å². The minimum Gasteiger partial charge on any atom is -0.480 e. The topological polar surface area (TPSA) is 80.9 Å². The van der Waals surface area contributed by atoms with Gasteiger partial charge in [-0.05, 0) is 16.8 Å². The summed E-state index contributed by atoms with van der Waals surface area (Å²) in [5, 5.41) is 19.8. The van der Waals surface area contributed by atoms with Crippen LogP contribution in [0.1, 0.15) is 12.8 Å². The number of aromatic nitrogens is 4. The molecule has 80 valence electrons. The smallest absolute Gasteiger partial charge is 0.325 e. The minimum atomic E-state index is -0.965. The number of thioether (sulfide) groups is 1. The molecule has 0 bridgehead atoms. The van der Waals surface area contributed by atoms with Gasteiger partial charge in [-0.25, -0.2) is 4.68 Å². The molecule has 0 atom stereocenters. The Labute approximate surface area is 91.0 Å². The molecule has 0 saturated heterocycles. The number of rotatable bonds is 6. The number of carboxylic acid groups (broad SMARTS) is 1. The molecule has 15 heavy (non-hydrogen) atoms. The van der Waals surface area contributed by atoms with Crippen LogP contribution in [-0.2, 0) is 11.3 Å². The summed E-state index contributed by atoms with van der Waals surface area (Å²) >= 11 is 1.40. The van der Waals surface area contributed by atoms with E-state index in [1.807, 2.05) is 0 Å². The van der Waals surface area contributed by atoms with Gasteiger partial charge in [-0.2, -0.15) is 0 Å². The lowest BCUT2D eigenvalue weighted by Crippen LogP contribution is -2.11. The molecule has 0 aliphatic heterocycles. The molecular weight excluding hydrogens is 216 g/mol. The maximum absolute atomic E-state index is 10.4. The highest BCUT2D eigenvalue weighted by Gasteiger charge is 2.09. The van der Waals surface area contributed by atoms with E-state index in [-0.39, 0.29) is 6.54 Å². The van der Waals surface area contributed by atoms with E-state index in [1.54, 1.807) is 0 Å². The third kappa shape index (κ3) is 3.99. The van der Waals surface area contributed by atoms with Gasteiger partial charge in [0.25, 0.3) is 0 Å². The maximum atomic E-state index is 10.4. The van der Waals surface area contributed by atoms with Crippen molar-refractivity contribution in [2.45, 2.75) is 24.5 Å². The second-order valence-electron chi connectivity index (χ2n) is 2.67. The Kier molecular flexibility index (Phi) is 4.63. The predicted octanol–water partition coefficient (Wildman–Crippen LogP) is 0.263. The fraction of sp³-hybridized carbons (Fsp3) is 0.500. The second-order valence-corrected chi connectivity index (χ2v) is 3.73. The molecule has 1 aromatic rings. The largest absolute Gasteiger partial charge is 0.480 e. The van der Waals surface area contributed by atoms with Crippen LogP contribution in [0.5, 0.6) is 0 Å². The van der Waals surface area contributed by atoms with Gasteiger partial charge >= 0.3 is 5.97 Å². The normalized spacial score (nSPS) is 9.80. The van der Waals surface area contributed by atoms with Crippen molar-refractivity contribution < 1.29 is 9.90 Å². The Morgan fingerprint density at radius 3 is 3.13 bits per heavy atom. The van der Waals surface area contributed by atoms with Crippen molar-refractivity contribution in [3.63, 3.8) is 0 Å². The van der Waals surface area contributed by atoms with E-state index >= 15 is 0 Å². The molecule has 6 nitrogen and oxygen atoms in total. The summed E-state index contributed by atoms with van der Waals surface area (Å²) in [4.78, 5) is 10.4. The molecule has 0 radical (unpaired) electrons. The molecular formula is C8H10N4O2S. The number of carbonyl (C=O) groups is 1. The highest BCUT2D eigenvalue weighted by Crippen LogP contribution is 2.14. The summed E-state index contributed by atoms with van der Waals surface area (Å²) < 4.78 is 1.25. The van der Waals surface area contributed by atoms with Crippen LogP contribution in [0.25, 0.3) is 0 Å². The number of hydrogen-bond donors (Lipinski definition) is 1. The molecule has 0 spiro atoms. The number of carboxylic acids is 1. The fourth-order valence-corrected chi connectivity index (χ4v) is 1.68. The first-order chi connectivity index (χ1) is 7.24. The van der Waals surface area contributed by atoms with E-state index in [0.717, 1.165) is 12.2 Å². The van der Waals surface area contributed by atoms with Crippen molar-refractivity contribution in [2.24, 2.45) is 0 Å². The number of unbranched alkanes of at least 4 members (excludes halogenated alkanes) is 1. The number of terminal acetylenes is 1. The minimum absolute atomic E-state index is 0.218. The van der Waals surface area contributed by atoms with Gasteiger partial charge in [0, 0.05) is 12.2 Å². The molecule has 0 saturated carbocycles. The summed E-state index contributed by atoms with van der Waals surface area (Å²) in [5.74, 6) is 2.35. The van der Waals surface area contributed by atoms with Crippen molar-refractivity contribution in [2.75, 3.05) is 5.75 Å². The number of hydrogen-bond acceptors (Lipinski definition) is 5. The second kappa shape index (κ2) is 6.03. The van der Waals surface area contributed by atoms with Crippen molar-refractivity contribution in [3.05, 3.63) is 0 Å². The Hall–Kier alpha value is -1.55. The lowest BCUT2D eigenvalue weighted by Gasteiger charge is -1.99. The summed E-state index contributed by atoms with van der Waals surface area (Å²) in [5.41, 5.74) is 0. The SMILES string of the molecule is C#CCCCSc1nnnn1CC(=O)O. The van der Waals surface area contributed by atoms with Crippen LogP contribution in [0, 0.1) is 12.3 Å². The summed E-state index contributed by atoms with van der Waals surface area (Å²) in [6.45, 7) is -0.218. The van der Waals surface area contributed by atoms with Crippen LogP contribution in [0.15, 0.2) is 5.16 Å². The average molecular weight is 226 g/mol. The van der Waals surface area contributed by atoms with Gasteiger partial charge in [0.1, 0.15) is 6.54 Å². The van der Waals surface area contributed by atoms with Crippen molar-refractivity contribution in [1.82, 2.24) is 20.2 Å². The third-order valence-electron chi connectivity index (χ3n) is 1.48. The molecule has 0 amide bonds. The Balaban J connectivity index is 2.43. The quantitative estimate of drug-likeness (QED) is 0.426. The molecule has 0 aliphatic carbocycles. The van der Waals surface area contributed by atoms with Crippen LogP contribution in [0.4, 0.5) is 0 Å². The van der Waals surface area contributed by atoms with Crippen molar-refractivity contribution >= 4 is 17.7 Å². The van der Waals surface area contributed by atoms with E-state index in [0.29, 0.717) is 11.6 Å². The van der Waals surface area contributed by atoms with E-state index in [1.165, 1.54) is 16.4 Å². The first kappa shape index (κ1) is 11.5. The first-order valence-corrected chi connectivity index (χ1v) is 5.27. The third-order valence-corrected chi connectivity index (χ3v) is 2.52. The zero-order valence-corrected chi connectivity index (χ0v) is 8.77. The standard InChI is InChI=1S/C8H10N4O2S/c1-2-3-4-5-15-8-9-10-11-12(8)6-7(13)14/h1H,3-6H2,(H,13,14). The van der Waals surface area contributed by atoms with E-state index < -0.39 is 5.97 Å². The Morgan fingerprint density at radius 2 is 2.47 bits per heavy atom. The van der Waals surface area contributed by atoms with Gasteiger partial charge in [-0.3, -0.25) is 4.79 Å². The monoisotopic (exact) mass is 226 g/mol. The molecule has 1 N–H and O–H groups in total. The summed E-state index contributed by atoms with van der Waals surface area (Å²) in [6.07, 6.45) is 6.67. The van der Waals surface area contributed by atoms with Gasteiger partial charge in [0.15, 0.2) is 0 Å². The average Bonchev–Trinajstić information content (AvgIpc) is 2.59. The van der Waals surface area contributed by atoms with Crippen LogP contribution in [-0.4, -0.2) is 37.0 Å². The fourth-order valence-electron chi connectivity index (χ4n) is 0.865. The number of tetrazole rings is 1. The van der Waals surface area contributed by atoms with E-state index in [4.69, 9.17) is 11.5 Å². The van der Waals surface area contributed by atoms with Crippen molar-refractivity contribution in [3.8, 4) is 12.3 Å². The molecule has 1 rings (SSSR count). The van der Waals surface area contributed by atoms with Gasteiger partial charge in [-0.15, -0.1) is 17.4 Å². The van der Waals surface area contributed by atoms with Gasteiger partial charge in [-0.1, -0.05) is 11.8 Å². The molecule has 0 aromatic carbocycles. The highest BCUT2D eigenvalue weighted by molar-refractivity contribution is 7.99. The summed E-state index contributed by atoms with van der Waals surface area (Å²) in [7, 11) is 0. The van der Waals surface area contributed by atoms with Crippen LogP contribution in [0.2, 0.25) is 0 Å². The molecule has 1 heterocycles. The van der Waals surface area contributed by atoms with Gasteiger partial charge in [0.2, 0.25) is 5.16 Å². The van der Waals surface area contributed by atoms with Gasteiger partial charge < -0.3 is 5.11 Å². The van der Waals surface area contributed by atoms with E-state index in [2.05, 4.69) is 21.4 Å². The Bertz CT molecular complexity index is 371. The number of nitrogens with zero attached hydrogens (tertiary/aromatic N) is 4. The zero-order valence-electron chi connectivity index (χ0n) is 7.96. The van der Waals surface area contributed by atoms with Crippen LogP contribution >= 0.6 is 11.8 Å². The van der Waals surface area contributed by atoms with Gasteiger partial charge in [0.05, 0.1) is 0 Å². The molecule has 0 fully saturated rings. The lowest BCUT2D eigenvalue weighted by atomic mass is 10.4. The maximum Gasteiger partial charge on any atom is 0.325 e. The molecule has 0 unspecified atom stereocenters.